The van der Waals surface area contributed by atoms with Gasteiger partial charge >= 0.3 is 0 Å². The fourth-order valence-electron chi connectivity index (χ4n) is 1.33. The first-order chi connectivity index (χ1) is 7.20. The van der Waals surface area contributed by atoms with Gasteiger partial charge in [0.1, 0.15) is 0 Å². The number of halogens is 2. The lowest BCUT2D eigenvalue weighted by Crippen LogP contribution is -1.99. The van der Waals surface area contributed by atoms with Crippen molar-refractivity contribution in [2.24, 2.45) is 5.73 Å². The summed E-state index contributed by atoms with van der Waals surface area (Å²) in [6.07, 6.45) is 1.60. The minimum absolute atomic E-state index is 0.519. The van der Waals surface area contributed by atoms with Crippen LogP contribution in [0.4, 0.5) is 8.78 Å². The van der Waals surface area contributed by atoms with Crippen molar-refractivity contribution in [2.75, 3.05) is 6.54 Å². The van der Waals surface area contributed by atoms with Gasteiger partial charge in [-0.25, -0.2) is 13.8 Å². The van der Waals surface area contributed by atoms with Crippen LogP contribution in [-0.2, 0) is 6.42 Å². The Bertz CT molecular complexity index is 442. The maximum atomic E-state index is 12.9. The Morgan fingerprint density at radius 2 is 2.00 bits per heavy atom. The summed E-state index contributed by atoms with van der Waals surface area (Å²) in [6.45, 7) is 0.596. The molecule has 0 atom stereocenters. The topological polar surface area (TPSA) is 38.9 Å². The molecule has 1 heterocycles. The Morgan fingerprint density at radius 3 is 2.73 bits per heavy atom. The SMILES string of the molecule is NCCCc1nc2cc(F)c(F)cc2s1. The first kappa shape index (κ1) is 10.4. The Kier molecular flexibility index (Phi) is 2.93. The summed E-state index contributed by atoms with van der Waals surface area (Å²) in [6, 6.07) is 2.32. The normalized spacial score (nSPS) is 11.1. The van der Waals surface area contributed by atoms with E-state index >= 15 is 0 Å². The minimum Gasteiger partial charge on any atom is -0.330 e. The van der Waals surface area contributed by atoms with Crippen LogP contribution in [0.15, 0.2) is 12.1 Å². The quantitative estimate of drug-likeness (QED) is 0.876. The number of hydrogen-bond donors (Lipinski definition) is 1. The molecule has 0 radical (unpaired) electrons. The molecule has 2 nitrogen and oxygen atoms in total. The van der Waals surface area contributed by atoms with E-state index in [1.54, 1.807) is 0 Å². The van der Waals surface area contributed by atoms with Crippen LogP contribution < -0.4 is 5.73 Å². The molecule has 2 N–H and O–H groups in total. The molecule has 80 valence electrons. The third-order valence-corrected chi connectivity index (χ3v) is 3.15. The summed E-state index contributed by atoms with van der Waals surface area (Å²) >= 11 is 1.39. The number of nitrogens with zero attached hydrogens (tertiary/aromatic N) is 1. The van der Waals surface area contributed by atoms with Gasteiger partial charge in [-0.1, -0.05) is 0 Å². The molecule has 2 rings (SSSR count). The molecule has 0 spiro atoms. The van der Waals surface area contributed by atoms with Crippen molar-refractivity contribution < 1.29 is 8.78 Å². The van der Waals surface area contributed by atoms with Crippen molar-refractivity contribution in [3.8, 4) is 0 Å². The molecule has 0 saturated heterocycles. The highest BCUT2D eigenvalue weighted by Gasteiger charge is 2.08. The first-order valence-electron chi connectivity index (χ1n) is 4.65. The fraction of sp³-hybridized carbons (Fsp3) is 0.300. The molecule has 1 aromatic carbocycles. The maximum absolute atomic E-state index is 12.9. The van der Waals surface area contributed by atoms with Crippen molar-refractivity contribution in [3.05, 3.63) is 28.8 Å². The standard InChI is InChI=1S/C10H10F2N2S/c11-6-4-8-9(5-7(6)12)15-10(14-8)2-1-3-13/h4-5H,1-3,13H2. The van der Waals surface area contributed by atoms with E-state index in [1.807, 2.05) is 0 Å². The second-order valence-electron chi connectivity index (χ2n) is 3.23. The van der Waals surface area contributed by atoms with Gasteiger partial charge in [0.05, 0.1) is 15.2 Å². The summed E-state index contributed by atoms with van der Waals surface area (Å²) in [4.78, 5) is 4.21. The van der Waals surface area contributed by atoms with Gasteiger partial charge in [-0.3, -0.25) is 0 Å². The van der Waals surface area contributed by atoms with Crippen molar-refractivity contribution >= 4 is 21.6 Å². The minimum atomic E-state index is -0.849. The largest absolute Gasteiger partial charge is 0.330 e. The number of fused-ring (bicyclic) bond motifs is 1. The fourth-order valence-corrected chi connectivity index (χ4v) is 2.35. The van der Waals surface area contributed by atoms with Crippen LogP contribution in [0.3, 0.4) is 0 Å². The van der Waals surface area contributed by atoms with Crippen molar-refractivity contribution in [1.29, 1.82) is 0 Å². The van der Waals surface area contributed by atoms with Gasteiger partial charge < -0.3 is 5.73 Å². The Labute approximate surface area is 89.7 Å². The van der Waals surface area contributed by atoms with Crippen LogP contribution >= 0.6 is 11.3 Å². The average molecular weight is 228 g/mol. The van der Waals surface area contributed by atoms with E-state index in [9.17, 15) is 8.78 Å². The van der Waals surface area contributed by atoms with Gasteiger partial charge in [0.2, 0.25) is 0 Å². The third-order valence-electron chi connectivity index (χ3n) is 2.07. The summed E-state index contributed by atoms with van der Waals surface area (Å²) in [5.41, 5.74) is 5.90. The number of benzene rings is 1. The number of hydrogen-bond acceptors (Lipinski definition) is 3. The lowest BCUT2D eigenvalue weighted by molar-refractivity contribution is 0.511. The number of aromatic nitrogens is 1. The van der Waals surface area contributed by atoms with Gasteiger partial charge in [0, 0.05) is 12.5 Å². The number of rotatable bonds is 3. The third kappa shape index (κ3) is 2.13. The average Bonchev–Trinajstić information content (AvgIpc) is 2.58. The van der Waals surface area contributed by atoms with E-state index in [4.69, 9.17) is 5.73 Å². The Morgan fingerprint density at radius 1 is 1.27 bits per heavy atom. The summed E-state index contributed by atoms with van der Waals surface area (Å²) < 4.78 is 26.5. The van der Waals surface area contributed by atoms with Crippen LogP contribution in [-0.4, -0.2) is 11.5 Å². The molecule has 0 saturated carbocycles. The molecule has 0 aliphatic heterocycles. The maximum Gasteiger partial charge on any atom is 0.161 e. The van der Waals surface area contributed by atoms with E-state index in [0.717, 1.165) is 23.9 Å². The predicted molar refractivity (Wildman–Crippen MR) is 56.9 cm³/mol. The van der Waals surface area contributed by atoms with Crippen molar-refractivity contribution in [2.45, 2.75) is 12.8 Å². The predicted octanol–water partition coefficient (Wildman–Crippen LogP) is 2.47. The van der Waals surface area contributed by atoms with Crippen LogP contribution in [0, 0.1) is 11.6 Å². The summed E-state index contributed by atoms with van der Waals surface area (Å²) in [5.74, 6) is -1.67. The molecular formula is C10H10F2N2S. The van der Waals surface area contributed by atoms with E-state index < -0.39 is 11.6 Å². The summed E-state index contributed by atoms with van der Waals surface area (Å²) in [5, 5.41) is 0.875. The highest BCUT2D eigenvalue weighted by Crippen LogP contribution is 2.25. The molecular weight excluding hydrogens is 218 g/mol. The molecule has 15 heavy (non-hydrogen) atoms. The van der Waals surface area contributed by atoms with Crippen LogP contribution in [0.1, 0.15) is 11.4 Å². The number of nitrogens with two attached hydrogens (primary N) is 1. The van der Waals surface area contributed by atoms with Crippen molar-refractivity contribution in [1.82, 2.24) is 4.98 Å². The number of aryl methyl sites for hydroxylation is 1. The van der Waals surface area contributed by atoms with E-state index in [-0.39, 0.29) is 0 Å². The summed E-state index contributed by atoms with van der Waals surface area (Å²) in [7, 11) is 0. The zero-order valence-electron chi connectivity index (χ0n) is 7.96. The lowest BCUT2D eigenvalue weighted by atomic mass is 10.3. The van der Waals surface area contributed by atoms with E-state index in [0.29, 0.717) is 16.8 Å². The highest BCUT2D eigenvalue weighted by atomic mass is 32.1. The van der Waals surface area contributed by atoms with Crippen LogP contribution in [0.2, 0.25) is 0 Å². The van der Waals surface area contributed by atoms with Gasteiger partial charge in [-0.2, -0.15) is 0 Å². The molecule has 0 unspecified atom stereocenters. The number of thiazole rings is 1. The zero-order valence-corrected chi connectivity index (χ0v) is 8.78. The molecule has 5 heteroatoms. The Balaban J connectivity index is 2.38. The molecule has 0 amide bonds. The van der Waals surface area contributed by atoms with E-state index in [1.165, 1.54) is 17.4 Å². The second kappa shape index (κ2) is 4.20. The Hall–Kier alpha value is -1.07. The van der Waals surface area contributed by atoms with Gasteiger partial charge in [-0.15, -0.1) is 11.3 Å². The van der Waals surface area contributed by atoms with Crippen LogP contribution in [0.5, 0.6) is 0 Å². The molecule has 0 bridgehead atoms. The molecule has 2 aromatic rings. The monoisotopic (exact) mass is 228 g/mol. The first-order valence-corrected chi connectivity index (χ1v) is 5.47. The molecule has 0 aliphatic rings. The van der Waals surface area contributed by atoms with E-state index in [2.05, 4.69) is 4.98 Å². The van der Waals surface area contributed by atoms with Gasteiger partial charge in [0.25, 0.3) is 0 Å². The molecule has 0 aliphatic carbocycles. The van der Waals surface area contributed by atoms with Gasteiger partial charge in [0.15, 0.2) is 11.6 Å². The highest BCUT2D eigenvalue weighted by molar-refractivity contribution is 7.18. The van der Waals surface area contributed by atoms with Crippen LogP contribution in [0.25, 0.3) is 10.2 Å². The van der Waals surface area contributed by atoms with Gasteiger partial charge in [-0.05, 0) is 19.0 Å². The lowest BCUT2D eigenvalue weighted by Gasteiger charge is -1.90. The molecule has 0 fully saturated rings. The van der Waals surface area contributed by atoms with Crippen molar-refractivity contribution in [3.63, 3.8) is 0 Å². The zero-order chi connectivity index (χ0) is 10.8. The molecule has 1 aromatic heterocycles. The second-order valence-corrected chi connectivity index (χ2v) is 4.35. The smallest absolute Gasteiger partial charge is 0.161 e.